The predicted molar refractivity (Wildman–Crippen MR) is 73.3 cm³/mol. The molecule has 1 aliphatic carbocycles. The van der Waals surface area contributed by atoms with Gasteiger partial charge in [0.05, 0.1) is 5.69 Å². The largest absolute Gasteiger partial charge is 0.383 e. The van der Waals surface area contributed by atoms with Gasteiger partial charge in [-0.1, -0.05) is 24.3 Å². The molecule has 1 heterocycles. The number of anilines is 1. The van der Waals surface area contributed by atoms with Crippen LogP contribution in [-0.4, -0.2) is 9.97 Å². The molecule has 18 heavy (non-hydrogen) atoms. The average Bonchev–Trinajstić information content (AvgIpc) is 3.18. The summed E-state index contributed by atoms with van der Waals surface area (Å²) in [5.41, 5.74) is 10.4. The molecule has 1 aromatic heterocycles. The van der Waals surface area contributed by atoms with Gasteiger partial charge in [0.15, 0.2) is 0 Å². The maximum absolute atomic E-state index is 6.02. The minimum atomic E-state index is 0.524. The molecule has 0 aliphatic heterocycles. The summed E-state index contributed by atoms with van der Waals surface area (Å²) in [6.45, 7) is 4.09. The van der Waals surface area contributed by atoms with Crippen molar-refractivity contribution in [3.8, 4) is 11.3 Å². The van der Waals surface area contributed by atoms with E-state index in [1.54, 1.807) is 0 Å². The van der Waals surface area contributed by atoms with E-state index in [1.807, 2.05) is 19.1 Å². The van der Waals surface area contributed by atoms with Crippen molar-refractivity contribution in [2.45, 2.75) is 32.6 Å². The Bertz CT molecular complexity index is 601. The second-order valence-corrected chi connectivity index (χ2v) is 5.03. The monoisotopic (exact) mass is 239 g/mol. The maximum atomic E-state index is 6.02. The molecule has 1 fully saturated rings. The molecule has 1 aliphatic rings. The third kappa shape index (κ3) is 1.86. The Hall–Kier alpha value is -1.90. The van der Waals surface area contributed by atoms with Crippen molar-refractivity contribution >= 4 is 5.82 Å². The highest BCUT2D eigenvalue weighted by Crippen LogP contribution is 2.40. The first-order valence-electron chi connectivity index (χ1n) is 6.37. The van der Waals surface area contributed by atoms with Crippen molar-refractivity contribution in [2.24, 2.45) is 0 Å². The molecule has 0 saturated heterocycles. The van der Waals surface area contributed by atoms with Crippen molar-refractivity contribution in [1.82, 2.24) is 9.97 Å². The fraction of sp³-hybridized carbons (Fsp3) is 0.333. The summed E-state index contributed by atoms with van der Waals surface area (Å²) >= 11 is 0. The second kappa shape index (κ2) is 4.09. The highest BCUT2D eigenvalue weighted by atomic mass is 15.0. The number of nitrogen functional groups attached to an aromatic ring is 1. The number of benzene rings is 1. The second-order valence-electron chi connectivity index (χ2n) is 5.03. The van der Waals surface area contributed by atoms with E-state index < -0.39 is 0 Å². The van der Waals surface area contributed by atoms with Crippen LogP contribution in [-0.2, 0) is 0 Å². The SMILES string of the molecule is Cc1ccccc1-c1nc(C2CC2)nc(N)c1C. The van der Waals surface area contributed by atoms with Crippen LogP contribution in [0.1, 0.15) is 35.7 Å². The molecule has 0 unspecified atom stereocenters. The molecule has 3 heteroatoms. The van der Waals surface area contributed by atoms with E-state index in [9.17, 15) is 0 Å². The maximum Gasteiger partial charge on any atom is 0.134 e. The first-order chi connectivity index (χ1) is 8.66. The molecular formula is C15H17N3. The molecule has 2 N–H and O–H groups in total. The minimum absolute atomic E-state index is 0.524. The number of nitrogens with two attached hydrogens (primary N) is 1. The number of hydrogen-bond donors (Lipinski definition) is 1. The van der Waals surface area contributed by atoms with Gasteiger partial charge in [-0.05, 0) is 32.3 Å². The molecule has 0 bridgehead atoms. The molecule has 1 aromatic carbocycles. The predicted octanol–water partition coefficient (Wildman–Crippen LogP) is 3.22. The van der Waals surface area contributed by atoms with Gasteiger partial charge >= 0.3 is 0 Å². The zero-order valence-electron chi connectivity index (χ0n) is 10.8. The Morgan fingerprint density at radius 3 is 2.50 bits per heavy atom. The third-order valence-electron chi connectivity index (χ3n) is 3.54. The topological polar surface area (TPSA) is 51.8 Å². The quantitative estimate of drug-likeness (QED) is 0.875. The van der Waals surface area contributed by atoms with E-state index in [2.05, 4.69) is 24.0 Å². The average molecular weight is 239 g/mol. The number of rotatable bonds is 2. The Balaban J connectivity index is 2.18. The van der Waals surface area contributed by atoms with Crippen LogP contribution >= 0.6 is 0 Å². The van der Waals surface area contributed by atoms with Crippen LogP contribution in [0.4, 0.5) is 5.82 Å². The summed E-state index contributed by atoms with van der Waals surface area (Å²) in [4.78, 5) is 9.15. The zero-order valence-corrected chi connectivity index (χ0v) is 10.8. The molecule has 0 radical (unpaired) electrons. The lowest BCUT2D eigenvalue weighted by atomic mass is 10.0. The van der Waals surface area contributed by atoms with Crippen molar-refractivity contribution in [2.75, 3.05) is 5.73 Å². The molecule has 3 nitrogen and oxygen atoms in total. The van der Waals surface area contributed by atoms with Gasteiger partial charge < -0.3 is 5.73 Å². The van der Waals surface area contributed by atoms with E-state index in [1.165, 1.54) is 18.4 Å². The van der Waals surface area contributed by atoms with E-state index >= 15 is 0 Å². The van der Waals surface area contributed by atoms with Gasteiger partial charge in [0.2, 0.25) is 0 Å². The van der Waals surface area contributed by atoms with Gasteiger partial charge in [-0.3, -0.25) is 0 Å². The molecule has 3 rings (SSSR count). The number of aryl methyl sites for hydroxylation is 1. The van der Waals surface area contributed by atoms with Crippen LogP contribution in [0.5, 0.6) is 0 Å². The minimum Gasteiger partial charge on any atom is -0.383 e. The van der Waals surface area contributed by atoms with E-state index in [0.717, 1.165) is 22.6 Å². The van der Waals surface area contributed by atoms with E-state index in [4.69, 9.17) is 10.7 Å². The molecule has 2 aromatic rings. The summed E-state index contributed by atoms with van der Waals surface area (Å²) in [5, 5.41) is 0. The number of aromatic nitrogens is 2. The van der Waals surface area contributed by atoms with Crippen molar-refractivity contribution in [1.29, 1.82) is 0 Å². The van der Waals surface area contributed by atoms with Crippen LogP contribution < -0.4 is 5.73 Å². The lowest BCUT2D eigenvalue weighted by Gasteiger charge is -2.11. The molecule has 1 saturated carbocycles. The summed E-state index contributed by atoms with van der Waals surface area (Å²) in [7, 11) is 0. The van der Waals surface area contributed by atoms with Crippen LogP contribution in [0.25, 0.3) is 11.3 Å². The summed E-state index contributed by atoms with van der Waals surface area (Å²) < 4.78 is 0. The Morgan fingerprint density at radius 2 is 1.83 bits per heavy atom. The number of hydrogen-bond acceptors (Lipinski definition) is 3. The van der Waals surface area contributed by atoms with Crippen LogP contribution in [0.2, 0.25) is 0 Å². The lowest BCUT2D eigenvalue weighted by Crippen LogP contribution is -2.04. The van der Waals surface area contributed by atoms with Gasteiger partial charge in [0.25, 0.3) is 0 Å². The third-order valence-corrected chi connectivity index (χ3v) is 3.54. The number of nitrogens with zero attached hydrogens (tertiary/aromatic N) is 2. The van der Waals surface area contributed by atoms with Crippen LogP contribution in [0, 0.1) is 13.8 Å². The fourth-order valence-corrected chi connectivity index (χ4v) is 2.18. The highest BCUT2D eigenvalue weighted by Gasteiger charge is 2.28. The molecule has 0 amide bonds. The van der Waals surface area contributed by atoms with E-state index in [0.29, 0.717) is 11.7 Å². The highest BCUT2D eigenvalue weighted by molar-refractivity contribution is 5.70. The Labute approximate surface area is 107 Å². The molecule has 92 valence electrons. The standard InChI is InChI=1S/C15H17N3/c1-9-5-3-4-6-12(9)13-10(2)14(16)18-15(17-13)11-7-8-11/h3-6,11H,7-8H2,1-2H3,(H2,16,17,18). The molecular weight excluding hydrogens is 222 g/mol. The first-order valence-corrected chi connectivity index (χ1v) is 6.37. The van der Waals surface area contributed by atoms with Crippen molar-refractivity contribution in [3.63, 3.8) is 0 Å². The summed E-state index contributed by atoms with van der Waals surface area (Å²) in [6.07, 6.45) is 2.38. The smallest absolute Gasteiger partial charge is 0.134 e. The zero-order chi connectivity index (χ0) is 12.7. The summed E-state index contributed by atoms with van der Waals surface area (Å²) in [6, 6.07) is 8.28. The Kier molecular flexibility index (Phi) is 2.54. The van der Waals surface area contributed by atoms with Gasteiger partial charge in [-0.15, -0.1) is 0 Å². The molecule has 0 spiro atoms. The Morgan fingerprint density at radius 1 is 1.11 bits per heavy atom. The van der Waals surface area contributed by atoms with Gasteiger partial charge in [0.1, 0.15) is 11.6 Å². The van der Waals surface area contributed by atoms with Gasteiger partial charge in [-0.25, -0.2) is 9.97 Å². The van der Waals surface area contributed by atoms with Crippen molar-refractivity contribution in [3.05, 3.63) is 41.2 Å². The lowest BCUT2D eigenvalue weighted by molar-refractivity contribution is 0.927. The summed E-state index contributed by atoms with van der Waals surface area (Å²) in [5.74, 6) is 2.05. The normalized spacial score (nSPS) is 14.8. The fourth-order valence-electron chi connectivity index (χ4n) is 2.18. The van der Waals surface area contributed by atoms with Crippen LogP contribution in [0.3, 0.4) is 0 Å². The van der Waals surface area contributed by atoms with Gasteiger partial charge in [0, 0.05) is 17.0 Å². The molecule has 0 atom stereocenters. The van der Waals surface area contributed by atoms with Crippen molar-refractivity contribution < 1.29 is 0 Å². The van der Waals surface area contributed by atoms with E-state index in [-0.39, 0.29) is 0 Å². The van der Waals surface area contributed by atoms with Gasteiger partial charge in [-0.2, -0.15) is 0 Å². The first kappa shape index (κ1) is 11.2. The van der Waals surface area contributed by atoms with Crippen LogP contribution in [0.15, 0.2) is 24.3 Å².